The smallest absolute Gasteiger partial charge is 0.337 e. The number of rotatable bonds is 6. The largest absolute Gasteiger partial charge is 0.465 e. The number of esters is 1. The Labute approximate surface area is 194 Å². The van der Waals surface area contributed by atoms with Crippen LogP contribution in [0.25, 0.3) is 21.6 Å². The summed E-state index contributed by atoms with van der Waals surface area (Å²) in [6, 6.07) is 14.7. The number of benzene rings is 2. The highest BCUT2D eigenvalue weighted by molar-refractivity contribution is 7.18. The molecule has 0 bridgehead atoms. The number of hydrogen-bond donors (Lipinski definition) is 1. The third kappa shape index (κ3) is 4.66. The molecule has 0 aliphatic carbocycles. The normalized spacial score (nSPS) is 11.0. The minimum Gasteiger partial charge on any atom is -0.465 e. The van der Waals surface area contributed by atoms with Crippen molar-refractivity contribution in [2.24, 2.45) is 0 Å². The van der Waals surface area contributed by atoms with Gasteiger partial charge in [0.2, 0.25) is 0 Å². The second kappa shape index (κ2) is 9.22. The topological polar surface area (TPSA) is 64.1 Å². The molecule has 0 saturated carbocycles. The average molecular weight is 472 g/mol. The number of nitrogens with zero attached hydrogens (tertiary/aromatic N) is 2. The van der Waals surface area contributed by atoms with E-state index in [0.717, 1.165) is 33.6 Å². The molecule has 5 nitrogen and oxygen atoms in total. The lowest BCUT2D eigenvalue weighted by atomic mass is 10.1. The van der Waals surface area contributed by atoms with E-state index in [2.05, 4.69) is 18.3 Å². The predicted octanol–water partition coefficient (Wildman–Crippen LogP) is 6.63. The Kier molecular flexibility index (Phi) is 6.41. The minimum atomic E-state index is -0.377. The minimum absolute atomic E-state index is 0.377. The lowest BCUT2D eigenvalue weighted by Gasteiger charge is -2.10. The molecule has 2 heterocycles. The van der Waals surface area contributed by atoms with Gasteiger partial charge in [-0.1, -0.05) is 48.3 Å². The van der Waals surface area contributed by atoms with E-state index < -0.39 is 0 Å². The van der Waals surface area contributed by atoms with E-state index >= 15 is 0 Å². The first-order valence-electron chi connectivity index (χ1n) is 9.65. The Bertz CT molecular complexity index is 1260. The van der Waals surface area contributed by atoms with E-state index in [4.69, 9.17) is 37.9 Å². The molecule has 0 atom stereocenters. The fourth-order valence-electron chi connectivity index (χ4n) is 3.12. The number of anilines is 1. The van der Waals surface area contributed by atoms with Crippen molar-refractivity contribution >= 4 is 56.5 Å². The zero-order chi connectivity index (χ0) is 22.0. The van der Waals surface area contributed by atoms with E-state index in [-0.39, 0.29) is 5.97 Å². The molecule has 158 valence electrons. The van der Waals surface area contributed by atoms with Gasteiger partial charge in [-0.15, -0.1) is 11.3 Å². The number of carbonyl (C=O) groups is 1. The Morgan fingerprint density at radius 1 is 1.06 bits per heavy atom. The maximum absolute atomic E-state index is 11.7. The van der Waals surface area contributed by atoms with Crippen molar-refractivity contribution in [2.45, 2.75) is 19.9 Å². The highest BCUT2D eigenvalue weighted by Crippen LogP contribution is 2.32. The first kappa shape index (κ1) is 21.6. The van der Waals surface area contributed by atoms with Crippen LogP contribution in [0.2, 0.25) is 10.0 Å². The Balaban J connectivity index is 1.70. The van der Waals surface area contributed by atoms with Gasteiger partial charge in [-0.2, -0.15) is 0 Å². The van der Waals surface area contributed by atoms with E-state index in [1.54, 1.807) is 29.5 Å². The molecule has 0 spiro atoms. The van der Waals surface area contributed by atoms with Gasteiger partial charge in [-0.25, -0.2) is 14.8 Å². The summed E-state index contributed by atoms with van der Waals surface area (Å²) in [6.07, 6.45) is 0.927. The van der Waals surface area contributed by atoms with Crippen LogP contribution in [0.15, 0.2) is 48.5 Å². The summed E-state index contributed by atoms with van der Waals surface area (Å²) in [5.74, 6) is 0.960. The monoisotopic (exact) mass is 471 g/mol. The van der Waals surface area contributed by atoms with Crippen LogP contribution in [0.1, 0.15) is 27.7 Å². The molecule has 0 amide bonds. The van der Waals surface area contributed by atoms with Crippen LogP contribution >= 0.6 is 34.5 Å². The Morgan fingerprint density at radius 3 is 2.52 bits per heavy atom. The van der Waals surface area contributed by atoms with Crippen LogP contribution in [0, 0.1) is 0 Å². The number of nitrogens with one attached hydrogen (secondary N) is 1. The van der Waals surface area contributed by atoms with Gasteiger partial charge in [0.05, 0.1) is 28.1 Å². The van der Waals surface area contributed by atoms with Crippen molar-refractivity contribution in [3.8, 4) is 11.4 Å². The number of fused-ring (bicyclic) bond motifs is 1. The number of methoxy groups -OCH3 is 1. The fourth-order valence-corrected chi connectivity index (χ4v) is 4.41. The predicted molar refractivity (Wildman–Crippen MR) is 127 cm³/mol. The molecule has 0 aliphatic rings. The van der Waals surface area contributed by atoms with Crippen LogP contribution in [0.5, 0.6) is 0 Å². The molecule has 0 radical (unpaired) electrons. The van der Waals surface area contributed by atoms with Gasteiger partial charge in [0.1, 0.15) is 10.6 Å². The van der Waals surface area contributed by atoms with Gasteiger partial charge in [-0.05, 0) is 42.3 Å². The van der Waals surface area contributed by atoms with E-state index in [9.17, 15) is 4.79 Å². The van der Waals surface area contributed by atoms with Crippen LogP contribution in [-0.2, 0) is 17.7 Å². The summed E-state index contributed by atoms with van der Waals surface area (Å²) >= 11 is 13.8. The fraction of sp³-hybridized carbons (Fsp3) is 0.174. The summed E-state index contributed by atoms with van der Waals surface area (Å²) < 4.78 is 4.77. The molecule has 4 aromatic rings. The van der Waals surface area contributed by atoms with Crippen molar-refractivity contribution in [3.05, 3.63) is 74.6 Å². The molecule has 2 aromatic carbocycles. The molecular formula is C23H19Cl2N3O2S. The SMILES string of the molecule is CCc1cc2c(NCc3ccc(Cl)c(Cl)c3)nc(-c3ccc(C(=O)OC)cc3)nc2s1. The number of aromatic nitrogens is 2. The van der Waals surface area contributed by atoms with E-state index in [1.165, 1.54) is 12.0 Å². The summed E-state index contributed by atoms with van der Waals surface area (Å²) in [5, 5.41) is 5.44. The second-order valence-electron chi connectivity index (χ2n) is 6.85. The van der Waals surface area contributed by atoms with Gasteiger partial charge < -0.3 is 10.1 Å². The van der Waals surface area contributed by atoms with Crippen molar-refractivity contribution in [1.82, 2.24) is 9.97 Å². The quantitative estimate of drug-likeness (QED) is 0.319. The molecule has 0 aliphatic heterocycles. The number of carbonyl (C=O) groups excluding carboxylic acids is 1. The Hall–Kier alpha value is -2.67. The first-order valence-corrected chi connectivity index (χ1v) is 11.2. The maximum Gasteiger partial charge on any atom is 0.337 e. The van der Waals surface area contributed by atoms with Crippen LogP contribution in [0.3, 0.4) is 0 Å². The number of aryl methyl sites for hydroxylation is 1. The van der Waals surface area contributed by atoms with Crippen molar-refractivity contribution in [3.63, 3.8) is 0 Å². The van der Waals surface area contributed by atoms with Gasteiger partial charge >= 0.3 is 5.97 Å². The van der Waals surface area contributed by atoms with Crippen molar-refractivity contribution in [1.29, 1.82) is 0 Å². The maximum atomic E-state index is 11.7. The second-order valence-corrected chi connectivity index (χ2v) is 8.78. The standard InChI is InChI=1S/C23H19Cl2N3O2S/c1-3-16-11-17-21(26-12-13-4-9-18(24)19(25)10-13)27-20(28-22(17)31-16)14-5-7-15(8-6-14)23(29)30-2/h4-11H,3,12H2,1-2H3,(H,26,27,28). The number of hydrogen-bond acceptors (Lipinski definition) is 6. The number of ether oxygens (including phenoxy) is 1. The van der Waals surface area contributed by atoms with Crippen LogP contribution in [-0.4, -0.2) is 23.0 Å². The van der Waals surface area contributed by atoms with Gasteiger partial charge in [-0.3, -0.25) is 0 Å². The molecule has 4 rings (SSSR count). The Morgan fingerprint density at radius 2 is 1.84 bits per heavy atom. The van der Waals surface area contributed by atoms with Gasteiger partial charge in [0.25, 0.3) is 0 Å². The molecule has 31 heavy (non-hydrogen) atoms. The summed E-state index contributed by atoms with van der Waals surface area (Å²) in [7, 11) is 1.36. The van der Waals surface area contributed by atoms with Crippen molar-refractivity contribution < 1.29 is 9.53 Å². The third-order valence-corrected chi connectivity index (χ3v) is 6.71. The van der Waals surface area contributed by atoms with Crippen LogP contribution in [0.4, 0.5) is 5.82 Å². The summed E-state index contributed by atoms with van der Waals surface area (Å²) in [4.78, 5) is 23.4. The third-order valence-electron chi connectivity index (χ3n) is 4.80. The highest BCUT2D eigenvalue weighted by atomic mass is 35.5. The number of halogens is 2. The van der Waals surface area contributed by atoms with Crippen LogP contribution < -0.4 is 5.32 Å². The average Bonchev–Trinajstić information content (AvgIpc) is 3.22. The molecule has 0 fully saturated rings. The van der Waals surface area contributed by atoms with Gasteiger partial charge in [0, 0.05) is 17.0 Å². The van der Waals surface area contributed by atoms with E-state index in [0.29, 0.717) is 28.0 Å². The summed E-state index contributed by atoms with van der Waals surface area (Å²) in [6.45, 7) is 2.66. The molecule has 0 unspecified atom stereocenters. The van der Waals surface area contributed by atoms with Crippen molar-refractivity contribution in [2.75, 3.05) is 12.4 Å². The highest BCUT2D eigenvalue weighted by Gasteiger charge is 2.14. The van der Waals surface area contributed by atoms with E-state index in [1.807, 2.05) is 24.3 Å². The first-order chi connectivity index (χ1) is 15.0. The zero-order valence-electron chi connectivity index (χ0n) is 16.9. The molecule has 2 aromatic heterocycles. The molecule has 8 heteroatoms. The molecule has 0 saturated heterocycles. The lowest BCUT2D eigenvalue weighted by molar-refractivity contribution is 0.0601. The number of thiophene rings is 1. The summed E-state index contributed by atoms with van der Waals surface area (Å²) in [5.41, 5.74) is 2.30. The van der Waals surface area contributed by atoms with Gasteiger partial charge in [0.15, 0.2) is 5.82 Å². The lowest BCUT2D eigenvalue weighted by Crippen LogP contribution is -2.04. The zero-order valence-corrected chi connectivity index (χ0v) is 19.2. The molecular weight excluding hydrogens is 453 g/mol. The molecule has 1 N–H and O–H groups in total.